The predicted molar refractivity (Wildman–Crippen MR) is 99.3 cm³/mol. The van der Waals surface area contributed by atoms with Gasteiger partial charge in [0.05, 0.1) is 0 Å². The first-order valence-electron chi connectivity index (χ1n) is 8.74. The van der Waals surface area contributed by atoms with Gasteiger partial charge in [0.15, 0.2) is 0 Å². The molecule has 1 heterocycles. The van der Waals surface area contributed by atoms with Crippen LogP contribution in [0.1, 0.15) is 35.2 Å². The number of hydrogen-bond donors (Lipinski definition) is 3. The summed E-state index contributed by atoms with van der Waals surface area (Å²) < 4.78 is 0. The van der Waals surface area contributed by atoms with Gasteiger partial charge in [0.1, 0.15) is 6.04 Å². The lowest BCUT2D eigenvalue weighted by Gasteiger charge is -2.32. The molecule has 3 N–H and O–H groups in total. The lowest BCUT2D eigenvalue weighted by Crippen LogP contribution is -2.42. The lowest BCUT2D eigenvalue weighted by atomic mass is 9.99. The Kier molecular flexibility index (Phi) is 5.53. The Morgan fingerprint density at radius 3 is 2.50 bits per heavy atom. The van der Waals surface area contributed by atoms with Crippen molar-refractivity contribution < 1.29 is 14.8 Å². The summed E-state index contributed by atoms with van der Waals surface area (Å²) >= 11 is 0. The van der Waals surface area contributed by atoms with E-state index in [-0.39, 0.29) is 17.9 Å². The Hall–Kier alpha value is -2.86. The summed E-state index contributed by atoms with van der Waals surface area (Å²) in [7, 11) is 0. The molecule has 1 aliphatic heterocycles. The van der Waals surface area contributed by atoms with Crippen LogP contribution in [0.5, 0.6) is 0 Å². The van der Waals surface area contributed by atoms with Crippen molar-refractivity contribution in [2.75, 3.05) is 18.0 Å². The minimum Gasteiger partial charge on any atom is -0.359 e. The first-order valence-corrected chi connectivity index (χ1v) is 8.74. The molecule has 0 aliphatic carbocycles. The molecule has 2 amide bonds. The van der Waals surface area contributed by atoms with Gasteiger partial charge >= 0.3 is 0 Å². The Bertz CT molecular complexity index is 762. The van der Waals surface area contributed by atoms with Gasteiger partial charge in [0, 0.05) is 24.3 Å². The molecule has 26 heavy (non-hydrogen) atoms. The van der Waals surface area contributed by atoms with Gasteiger partial charge in [-0.25, -0.2) is 5.48 Å². The molecular formula is C20H23N3O3. The van der Waals surface area contributed by atoms with E-state index in [1.165, 1.54) is 5.56 Å². The monoisotopic (exact) mass is 353 g/mol. The zero-order valence-electron chi connectivity index (χ0n) is 14.7. The number of hydrogen-bond acceptors (Lipinski definition) is 4. The molecule has 0 aromatic heterocycles. The predicted octanol–water partition coefficient (Wildman–Crippen LogP) is 2.30. The first-order chi connectivity index (χ1) is 12.6. The van der Waals surface area contributed by atoms with Gasteiger partial charge in [0.25, 0.3) is 5.91 Å². The number of carbonyl (C=O) groups is 2. The minimum absolute atomic E-state index is 0.0300. The van der Waals surface area contributed by atoms with E-state index in [1.807, 2.05) is 30.3 Å². The van der Waals surface area contributed by atoms with Crippen LogP contribution in [0.2, 0.25) is 0 Å². The van der Waals surface area contributed by atoms with Gasteiger partial charge in [-0.3, -0.25) is 14.8 Å². The van der Waals surface area contributed by atoms with Gasteiger partial charge in [-0.15, -0.1) is 0 Å². The Balaban J connectivity index is 1.86. The fraction of sp³-hybridized carbons (Fsp3) is 0.300. The average Bonchev–Trinajstić information content (AvgIpc) is 3.11. The van der Waals surface area contributed by atoms with Crippen molar-refractivity contribution in [2.24, 2.45) is 0 Å². The number of nitrogens with one attached hydrogen (secondary N) is 2. The van der Waals surface area contributed by atoms with E-state index in [0.717, 1.165) is 12.1 Å². The zero-order chi connectivity index (χ0) is 18.5. The molecule has 2 aromatic carbocycles. The van der Waals surface area contributed by atoms with E-state index in [9.17, 15) is 9.59 Å². The van der Waals surface area contributed by atoms with Crippen LogP contribution in [0, 0.1) is 0 Å². The maximum absolute atomic E-state index is 12.3. The summed E-state index contributed by atoms with van der Waals surface area (Å²) in [5, 5.41) is 11.6. The van der Waals surface area contributed by atoms with Gasteiger partial charge in [-0.2, -0.15) is 0 Å². The average molecular weight is 353 g/mol. The Morgan fingerprint density at radius 2 is 1.92 bits per heavy atom. The van der Waals surface area contributed by atoms with E-state index in [1.54, 1.807) is 17.6 Å². The van der Waals surface area contributed by atoms with Gasteiger partial charge in [0.2, 0.25) is 5.91 Å². The van der Waals surface area contributed by atoms with Gasteiger partial charge in [-0.05, 0) is 42.2 Å². The van der Waals surface area contributed by atoms with E-state index in [4.69, 9.17) is 5.21 Å². The van der Waals surface area contributed by atoms with Gasteiger partial charge in [-0.1, -0.05) is 37.3 Å². The van der Waals surface area contributed by atoms with Crippen molar-refractivity contribution in [1.82, 2.24) is 10.8 Å². The maximum Gasteiger partial charge on any atom is 0.274 e. The quantitative estimate of drug-likeness (QED) is 0.550. The van der Waals surface area contributed by atoms with Crippen LogP contribution in [0.4, 0.5) is 5.69 Å². The maximum atomic E-state index is 12.3. The number of amides is 2. The van der Waals surface area contributed by atoms with E-state index >= 15 is 0 Å². The summed E-state index contributed by atoms with van der Waals surface area (Å²) in [6, 6.07) is 16.9. The molecule has 2 atom stereocenters. The molecule has 136 valence electrons. The summed E-state index contributed by atoms with van der Waals surface area (Å²) in [6.45, 7) is 3.50. The van der Waals surface area contributed by atoms with Crippen molar-refractivity contribution in [3.63, 3.8) is 0 Å². The van der Waals surface area contributed by atoms with Crippen molar-refractivity contribution >= 4 is 17.5 Å². The highest BCUT2D eigenvalue weighted by atomic mass is 16.5. The number of nitrogens with zero attached hydrogens (tertiary/aromatic N) is 1. The summed E-state index contributed by atoms with van der Waals surface area (Å²) in [6.07, 6.45) is 0.749. The molecule has 2 unspecified atom stereocenters. The Labute approximate surface area is 152 Å². The number of carbonyl (C=O) groups excluding carboxylic acids is 2. The third-order valence-electron chi connectivity index (χ3n) is 4.80. The fourth-order valence-corrected chi connectivity index (χ4v) is 3.34. The highest BCUT2D eigenvalue weighted by molar-refractivity contribution is 5.94. The molecular weight excluding hydrogens is 330 g/mol. The summed E-state index contributed by atoms with van der Waals surface area (Å²) in [5.41, 5.74) is 4.09. The third kappa shape index (κ3) is 3.86. The topological polar surface area (TPSA) is 81.7 Å². The van der Waals surface area contributed by atoms with E-state index in [2.05, 4.69) is 29.3 Å². The molecule has 1 fully saturated rings. The van der Waals surface area contributed by atoms with Crippen LogP contribution in [0.3, 0.4) is 0 Å². The number of benzene rings is 2. The Morgan fingerprint density at radius 1 is 1.23 bits per heavy atom. The van der Waals surface area contributed by atoms with Crippen molar-refractivity contribution in [3.05, 3.63) is 65.7 Å². The fourth-order valence-electron chi connectivity index (χ4n) is 3.34. The summed E-state index contributed by atoms with van der Waals surface area (Å²) in [5.74, 6) is -0.285. The second-order valence-corrected chi connectivity index (χ2v) is 6.55. The van der Waals surface area contributed by atoms with E-state index < -0.39 is 5.91 Å². The van der Waals surface area contributed by atoms with Crippen LogP contribution in [0.15, 0.2) is 54.6 Å². The van der Waals surface area contributed by atoms with Crippen LogP contribution >= 0.6 is 0 Å². The molecule has 2 aromatic rings. The minimum atomic E-state index is -0.556. The number of anilines is 1. The van der Waals surface area contributed by atoms with Crippen molar-refractivity contribution in [3.8, 4) is 0 Å². The molecule has 3 rings (SSSR count). The highest BCUT2D eigenvalue weighted by Gasteiger charge is 2.31. The standard InChI is InChI=1S/C20H23N3O3/c1-14(15-5-3-2-4-6-15)13-23(18-11-12-21-20(18)25)17-9-7-16(8-10-17)19(24)22-26/h2-10,14,18,26H,11-13H2,1H3,(H,21,25)(H,22,24). The number of rotatable bonds is 6. The molecule has 6 heteroatoms. The van der Waals surface area contributed by atoms with Crippen LogP contribution in [-0.4, -0.2) is 36.2 Å². The smallest absolute Gasteiger partial charge is 0.274 e. The molecule has 0 saturated carbocycles. The first kappa shape index (κ1) is 17.9. The third-order valence-corrected chi connectivity index (χ3v) is 4.80. The largest absolute Gasteiger partial charge is 0.359 e. The molecule has 0 bridgehead atoms. The lowest BCUT2D eigenvalue weighted by molar-refractivity contribution is -0.120. The van der Waals surface area contributed by atoms with Crippen molar-refractivity contribution in [2.45, 2.75) is 25.3 Å². The van der Waals surface area contributed by atoms with Crippen molar-refractivity contribution in [1.29, 1.82) is 0 Å². The van der Waals surface area contributed by atoms with Gasteiger partial charge < -0.3 is 10.2 Å². The van der Waals surface area contributed by atoms with Crippen LogP contribution in [0.25, 0.3) is 0 Å². The molecule has 0 spiro atoms. The van der Waals surface area contributed by atoms with Crippen LogP contribution < -0.4 is 15.7 Å². The highest BCUT2D eigenvalue weighted by Crippen LogP contribution is 2.26. The summed E-state index contributed by atoms with van der Waals surface area (Å²) in [4.78, 5) is 25.9. The molecule has 0 radical (unpaired) electrons. The normalized spacial score (nSPS) is 17.5. The molecule has 1 aliphatic rings. The second kappa shape index (κ2) is 8.01. The SMILES string of the molecule is CC(CN(c1ccc(C(=O)NO)cc1)C1CCNC1=O)c1ccccc1. The zero-order valence-corrected chi connectivity index (χ0v) is 14.7. The molecule has 6 nitrogen and oxygen atoms in total. The van der Waals surface area contributed by atoms with Crippen LogP contribution in [-0.2, 0) is 4.79 Å². The number of hydroxylamine groups is 1. The van der Waals surface area contributed by atoms with E-state index in [0.29, 0.717) is 18.7 Å². The second-order valence-electron chi connectivity index (χ2n) is 6.55. The molecule has 1 saturated heterocycles.